The van der Waals surface area contributed by atoms with Gasteiger partial charge in [-0.25, -0.2) is 9.78 Å². The first-order valence-corrected chi connectivity index (χ1v) is 10.2. The van der Waals surface area contributed by atoms with Gasteiger partial charge in [0.15, 0.2) is 0 Å². The Balaban J connectivity index is 1.65. The van der Waals surface area contributed by atoms with Gasteiger partial charge in [0.2, 0.25) is 5.91 Å². The Morgan fingerprint density at radius 3 is 2.79 bits per heavy atom. The predicted molar refractivity (Wildman–Crippen MR) is 113 cm³/mol. The molecule has 1 aromatic carbocycles. The van der Waals surface area contributed by atoms with Gasteiger partial charge in [-0.05, 0) is 39.7 Å². The Hall–Kier alpha value is -2.83. The normalized spacial score (nSPS) is 19.4. The van der Waals surface area contributed by atoms with Crippen molar-refractivity contribution >= 4 is 34.4 Å². The van der Waals surface area contributed by atoms with E-state index in [1.807, 2.05) is 39.0 Å². The van der Waals surface area contributed by atoms with Crippen molar-refractivity contribution in [3.05, 3.63) is 29.8 Å². The third kappa shape index (κ3) is 3.86. The zero-order valence-corrected chi connectivity index (χ0v) is 17.5. The summed E-state index contributed by atoms with van der Waals surface area (Å²) in [5.41, 5.74) is 2.41. The van der Waals surface area contributed by atoms with Crippen molar-refractivity contribution in [3.8, 4) is 0 Å². The number of alkyl carbamates (subject to hydrolysis) is 1. The fourth-order valence-electron chi connectivity index (χ4n) is 4.18. The van der Waals surface area contributed by atoms with Gasteiger partial charge in [-0.15, -0.1) is 0 Å². The van der Waals surface area contributed by atoms with Crippen LogP contribution in [-0.4, -0.2) is 48.8 Å². The first kappa shape index (κ1) is 19.5. The zero-order valence-electron chi connectivity index (χ0n) is 17.5. The number of aromatic nitrogens is 1. The molecule has 1 aromatic heterocycles. The van der Waals surface area contributed by atoms with E-state index < -0.39 is 5.60 Å². The second kappa shape index (κ2) is 7.21. The number of amides is 2. The van der Waals surface area contributed by atoms with E-state index in [0.29, 0.717) is 13.0 Å². The first-order valence-electron chi connectivity index (χ1n) is 10.2. The summed E-state index contributed by atoms with van der Waals surface area (Å²) in [5, 5.41) is 4.06. The van der Waals surface area contributed by atoms with Gasteiger partial charge in [0.25, 0.3) is 0 Å². The quantitative estimate of drug-likeness (QED) is 0.843. The van der Waals surface area contributed by atoms with E-state index in [9.17, 15) is 9.59 Å². The van der Waals surface area contributed by atoms with Crippen molar-refractivity contribution in [2.75, 3.05) is 29.9 Å². The molecular weight excluding hydrogens is 368 g/mol. The number of carbonyl (C=O) groups excluding carboxylic acids is 2. The summed E-state index contributed by atoms with van der Waals surface area (Å²) >= 11 is 0. The van der Waals surface area contributed by atoms with Crippen molar-refractivity contribution < 1.29 is 14.3 Å². The maximum absolute atomic E-state index is 12.4. The average Bonchev–Trinajstić information content (AvgIpc) is 2.92. The van der Waals surface area contributed by atoms with Gasteiger partial charge >= 0.3 is 6.09 Å². The number of hydrogen-bond donors (Lipinski definition) is 1. The summed E-state index contributed by atoms with van der Waals surface area (Å²) in [6.45, 7) is 7.14. The lowest BCUT2D eigenvalue weighted by atomic mass is 10.0. The Bertz CT molecular complexity index is 966. The van der Waals surface area contributed by atoms with Crippen LogP contribution in [-0.2, 0) is 16.0 Å². The molecule has 0 radical (unpaired) electrons. The monoisotopic (exact) mass is 396 g/mol. The summed E-state index contributed by atoms with van der Waals surface area (Å²) in [7, 11) is 1.78. The highest BCUT2D eigenvalue weighted by molar-refractivity contribution is 6.07. The molecule has 0 aliphatic carbocycles. The smallest absolute Gasteiger partial charge is 0.407 e. The molecule has 4 rings (SSSR count). The van der Waals surface area contributed by atoms with Crippen molar-refractivity contribution in [3.63, 3.8) is 0 Å². The fraction of sp³-hybridized carbons (Fsp3) is 0.500. The van der Waals surface area contributed by atoms with Crippen LogP contribution < -0.4 is 15.1 Å². The highest BCUT2D eigenvalue weighted by atomic mass is 16.6. The van der Waals surface area contributed by atoms with Gasteiger partial charge < -0.3 is 15.0 Å². The van der Waals surface area contributed by atoms with Gasteiger partial charge in [-0.3, -0.25) is 9.69 Å². The van der Waals surface area contributed by atoms with Crippen LogP contribution in [0, 0.1) is 0 Å². The summed E-state index contributed by atoms with van der Waals surface area (Å²) in [4.78, 5) is 33.3. The Morgan fingerprint density at radius 1 is 1.28 bits per heavy atom. The van der Waals surface area contributed by atoms with Crippen LogP contribution >= 0.6 is 0 Å². The number of piperidine rings is 1. The minimum atomic E-state index is -0.522. The molecular formula is C22H28N4O3. The molecule has 7 nitrogen and oxygen atoms in total. The second-order valence-electron chi connectivity index (χ2n) is 8.84. The van der Waals surface area contributed by atoms with Crippen molar-refractivity contribution in [2.45, 2.75) is 51.7 Å². The van der Waals surface area contributed by atoms with Gasteiger partial charge in [-0.1, -0.05) is 18.2 Å². The molecule has 29 heavy (non-hydrogen) atoms. The number of nitrogens with zero attached hydrogens (tertiary/aromatic N) is 3. The number of rotatable bonds is 2. The van der Waals surface area contributed by atoms with E-state index in [2.05, 4.69) is 16.3 Å². The van der Waals surface area contributed by atoms with E-state index in [-0.39, 0.29) is 18.0 Å². The standard InChI is InChI=1S/C22H28N4O3/c1-22(2,3)29-21(28)23-14-8-7-11-26(13-14)19-15-9-5-6-10-17(15)24-20-16(19)12-18(27)25(20)4/h5-6,9-10,14H,7-8,11-13H2,1-4H3,(H,23,28)/t14-/m1/s1. The van der Waals surface area contributed by atoms with Crippen LogP contribution in [0.4, 0.5) is 16.3 Å². The van der Waals surface area contributed by atoms with Crippen LogP contribution in [0.25, 0.3) is 10.9 Å². The van der Waals surface area contributed by atoms with Gasteiger partial charge in [0.1, 0.15) is 11.4 Å². The van der Waals surface area contributed by atoms with Crippen LogP contribution in [0.3, 0.4) is 0 Å². The van der Waals surface area contributed by atoms with Crippen molar-refractivity contribution in [1.29, 1.82) is 0 Å². The molecule has 1 N–H and O–H groups in total. The molecule has 2 aliphatic rings. The zero-order chi connectivity index (χ0) is 20.8. The maximum Gasteiger partial charge on any atom is 0.407 e. The molecule has 0 saturated carbocycles. The number of fused-ring (bicyclic) bond motifs is 2. The fourth-order valence-corrected chi connectivity index (χ4v) is 4.18. The average molecular weight is 396 g/mol. The molecule has 2 amide bonds. The Labute approximate surface area is 171 Å². The first-order chi connectivity index (χ1) is 13.7. The Morgan fingerprint density at radius 2 is 2.03 bits per heavy atom. The molecule has 2 aromatic rings. The highest BCUT2D eigenvalue weighted by Crippen LogP contribution is 2.40. The molecule has 0 spiro atoms. The lowest BCUT2D eigenvalue weighted by molar-refractivity contribution is -0.117. The second-order valence-corrected chi connectivity index (χ2v) is 8.84. The number of para-hydroxylation sites is 1. The van der Waals surface area contributed by atoms with E-state index in [0.717, 1.165) is 47.4 Å². The van der Waals surface area contributed by atoms with E-state index in [1.54, 1.807) is 11.9 Å². The summed E-state index contributed by atoms with van der Waals surface area (Å²) in [6, 6.07) is 8.00. The van der Waals surface area contributed by atoms with Crippen LogP contribution in [0.1, 0.15) is 39.2 Å². The molecule has 7 heteroatoms. The van der Waals surface area contributed by atoms with Gasteiger partial charge in [-0.2, -0.15) is 0 Å². The Kier molecular flexibility index (Phi) is 4.84. The predicted octanol–water partition coefficient (Wildman–Crippen LogP) is 3.25. The molecule has 1 atom stereocenters. The van der Waals surface area contributed by atoms with E-state index >= 15 is 0 Å². The minimum absolute atomic E-state index is 0.00369. The number of likely N-dealkylation sites (N-methyl/N-ethyl adjacent to an activating group) is 1. The van der Waals surface area contributed by atoms with Gasteiger partial charge in [0, 0.05) is 37.1 Å². The number of ether oxygens (including phenoxy) is 1. The largest absolute Gasteiger partial charge is 0.444 e. The van der Waals surface area contributed by atoms with Crippen molar-refractivity contribution in [2.24, 2.45) is 0 Å². The minimum Gasteiger partial charge on any atom is -0.444 e. The van der Waals surface area contributed by atoms with Crippen LogP contribution in [0.5, 0.6) is 0 Å². The molecule has 0 bridgehead atoms. The molecule has 3 heterocycles. The number of hydrogen-bond acceptors (Lipinski definition) is 5. The molecule has 1 fully saturated rings. The molecule has 154 valence electrons. The summed E-state index contributed by atoms with van der Waals surface area (Å²) < 4.78 is 5.42. The topological polar surface area (TPSA) is 74.8 Å². The lowest BCUT2D eigenvalue weighted by Gasteiger charge is -2.36. The van der Waals surface area contributed by atoms with E-state index in [1.165, 1.54) is 0 Å². The van der Waals surface area contributed by atoms with Gasteiger partial charge in [0.05, 0.1) is 17.6 Å². The summed E-state index contributed by atoms with van der Waals surface area (Å²) in [5.74, 6) is 0.801. The number of carbonyl (C=O) groups is 2. The van der Waals surface area contributed by atoms with Crippen molar-refractivity contribution in [1.82, 2.24) is 10.3 Å². The number of anilines is 2. The lowest BCUT2D eigenvalue weighted by Crippen LogP contribution is -2.49. The highest BCUT2D eigenvalue weighted by Gasteiger charge is 2.33. The number of nitrogens with one attached hydrogen (secondary N) is 1. The van der Waals surface area contributed by atoms with Crippen LogP contribution in [0.2, 0.25) is 0 Å². The SMILES string of the molecule is CN1C(=O)Cc2c1nc1ccccc1c2N1CCC[C@@H](NC(=O)OC(C)(C)C)C1. The molecule has 1 saturated heterocycles. The third-order valence-corrected chi connectivity index (χ3v) is 5.42. The summed E-state index contributed by atoms with van der Waals surface area (Å²) in [6.07, 6.45) is 1.83. The number of benzene rings is 1. The third-order valence-electron chi connectivity index (χ3n) is 5.42. The molecule has 0 unspecified atom stereocenters. The number of pyridine rings is 1. The maximum atomic E-state index is 12.4. The van der Waals surface area contributed by atoms with Crippen LogP contribution in [0.15, 0.2) is 24.3 Å². The van der Waals surface area contributed by atoms with E-state index in [4.69, 9.17) is 9.72 Å². The molecule has 2 aliphatic heterocycles.